The van der Waals surface area contributed by atoms with Crippen LogP contribution in [0.3, 0.4) is 0 Å². The molecule has 1 fully saturated rings. The van der Waals surface area contributed by atoms with Crippen LogP contribution in [0.5, 0.6) is 0 Å². The average molecular weight is 470 g/mol. The number of nitrogens with zero attached hydrogens (tertiary/aromatic N) is 4. The number of carbonyl (C=O) groups is 1. The van der Waals surface area contributed by atoms with Crippen LogP contribution in [-0.4, -0.2) is 51.3 Å². The maximum absolute atomic E-state index is 11.8. The maximum atomic E-state index is 11.8. The average Bonchev–Trinajstić information content (AvgIpc) is 3.35. The summed E-state index contributed by atoms with van der Waals surface area (Å²) in [6.07, 6.45) is 10.5. The van der Waals surface area contributed by atoms with Gasteiger partial charge in [-0.3, -0.25) is 20.2 Å². The van der Waals surface area contributed by atoms with E-state index in [2.05, 4.69) is 47.6 Å². The number of fused-ring (bicyclic) bond motifs is 1. The fourth-order valence-electron chi connectivity index (χ4n) is 4.55. The predicted octanol–water partition coefficient (Wildman–Crippen LogP) is 2.76. The molecule has 9 heteroatoms. The Labute approximate surface area is 203 Å². The number of aromatic nitrogens is 4. The second-order valence-corrected chi connectivity index (χ2v) is 8.96. The van der Waals surface area contributed by atoms with Crippen LogP contribution < -0.4 is 10.6 Å². The second kappa shape index (κ2) is 9.68. The van der Waals surface area contributed by atoms with Gasteiger partial charge in [-0.25, -0.2) is 9.97 Å². The fraction of sp³-hybridized carbons (Fsp3) is 0.346. The highest BCUT2D eigenvalue weighted by molar-refractivity contribution is 5.84. The van der Waals surface area contributed by atoms with Crippen molar-refractivity contribution >= 4 is 28.8 Å². The zero-order chi connectivity index (χ0) is 24.3. The highest BCUT2D eigenvalue weighted by Crippen LogP contribution is 2.27. The van der Waals surface area contributed by atoms with E-state index < -0.39 is 5.79 Å². The molecule has 3 aromatic rings. The van der Waals surface area contributed by atoms with Crippen molar-refractivity contribution in [1.29, 1.82) is 0 Å². The molecule has 1 aliphatic heterocycles. The number of hydrogen-bond donors (Lipinski definition) is 3. The molecule has 178 valence electrons. The Morgan fingerprint density at radius 2 is 2.06 bits per heavy atom. The van der Waals surface area contributed by atoms with Gasteiger partial charge in [-0.05, 0) is 68.9 Å². The Kier molecular flexibility index (Phi) is 6.29. The number of ether oxygens (including phenoxy) is 1. The number of H-pyrrole nitrogens is 1. The molecule has 3 heterocycles. The highest BCUT2D eigenvalue weighted by Gasteiger charge is 2.33. The van der Waals surface area contributed by atoms with E-state index in [9.17, 15) is 4.79 Å². The lowest BCUT2D eigenvalue weighted by Gasteiger charge is -2.37. The molecule has 1 aliphatic carbocycles. The quantitative estimate of drug-likeness (QED) is 0.397. The topological polar surface area (TPSA) is 117 Å². The van der Waals surface area contributed by atoms with Crippen LogP contribution in [0.15, 0.2) is 47.7 Å². The first-order valence-electron chi connectivity index (χ1n) is 11.7. The van der Waals surface area contributed by atoms with Crippen LogP contribution in [0.25, 0.3) is 16.6 Å². The predicted molar refractivity (Wildman–Crippen MR) is 133 cm³/mol. The summed E-state index contributed by atoms with van der Waals surface area (Å²) in [4.78, 5) is 25.5. The summed E-state index contributed by atoms with van der Waals surface area (Å²) in [5.74, 6) is 6.02. The summed E-state index contributed by atoms with van der Waals surface area (Å²) in [5, 5.41) is 15.0. The van der Waals surface area contributed by atoms with Gasteiger partial charge in [0.2, 0.25) is 0 Å². The smallest absolute Gasteiger partial charge is 0.308 e. The Morgan fingerprint density at radius 3 is 2.89 bits per heavy atom. The van der Waals surface area contributed by atoms with Gasteiger partial charge < -0.3 is 10.1 Å². The molecule has 0 spiro atoms. The van der Waals surface area contributed by atoms with E-state index in [1.54, 1.807) is 24.7 Å². The lowest BCUT2D eigenvalue weighted by molar-refractivity contribution is -0.146. The van der Waals surface area contributed by atoms with E-state index in [0.717, 1.165) is 47.8 Å². The Hall–Kier alpha value is -4.03. The van der Waals surface area contributed by atoms with Crippen molar-refractivity contribution < 1.29 is 9.53 Å². The first kappa shape index (κ1) is 22.7. The minimum absolute atomic E-state index is 0.0111. The van der Waals surface area contributed by atoms with Crippen LogP contribution in [0.2, 0.25) is 0 Å². The number of benzene rings is 1. The number of nitrogens with one attached hydrogen (secondary N) is 3. The summed E-state index contributed by atoms with van der Waals surface area (Å²) < 4.78 is 4.89. The number of methoxy groups -OCH3 is 1. The second-order valence-electron chi connectivity index (χ2n) is 8.96. The molecule has 2 aromatic heterocycles. The Bertz CT molecular complexity index is 1360. The van der Waals surface area contributed by atoms with Gasteiger partial charge in [0.25, 0.3) is 0 Å². The van der Waals surface area contributed by atoms with E-state index in [0.29, 0.717) is 11.5 Å². The molecule has 1 aromatic carbocycles. The van der Waals surface area contributed by atoms with Gasteiger partial charge in [0.1, 0.15) is 5.69 Å². The highest BCUT2D eigenvalue weighted by atomic mass is 16.5. The van der Waals surface area contributed by atoms with Gasteiger partial charge in [-0.15, -0.1) is 0 Å². The number of aliphatic imine (C=N–C) groups is 1. The van der Waals surface area contributed by atoms with E-state index >= 15 is 0 Å². The molecule has 1 unspecified atom stereocenters. The van der Waals surface area contributed by atoms with E-state index in [-0.39, 0.29) is 17.9 Å². The van der Waals surface area contributed by atoms with Crippen LogP contribution in [-0.2, 0) is 9.53 Å². The monoisotopic (exact) mass is 469 g/mol. The van der Waals surface area contributed by atoms with E-state index in [1.165, 1.54) is 7.11 Å². The molecule has 0 amide bonds. The van der Waals surface area contributed by atoms with Crippen molar-refractivity contribution in [1.82, 2.24) is 30.8 Å². The minimum atomic E-state index is -0.697. The van der Waals surface area contributed by atoms with E-state index in [4.69, 9.17) is 4.74 Å². The zero-order valence-corrected chi connectivity index (χ0v) is 19.7. The largest absolute Gasteiger partial charge is 0.469 e. The molecule has 0 radical (unpaired) electrons. The third-order valence-corrected chi connectivity index (χ3v) is 6.37. The first-order chi connectivity index (χ1) is 17.0. The third kappa shape index (κ3) is 5.23. The number of carbonyl (C=O) groups excluding carboxylic acids is 1. The number of aromatic amines is 1. The van der Waals surface area contributed by atoms with Crippen molar-refractivity contribution in [2.45, 2.75) is 44.4 Å². The fourth-order valence-corrected chi connectivity index (χ4v) is 4.55. The van der Waals surface area contributed by atoms with E-state index in [1.807, 2.05) is 31.2 Å². The molecular formula is C26H27N7O2. The molecule has 0 saturated heterocycles. The molecular weight excluding hydrogens is 442 g/mol. The lowest BCUT2D eigenvalue weighted by atomic mass is 9.86. The summed E-state index contributed by atoms with van der Waals surface area (Å²) in [6, 6.07) is 7.94. The van der Waals surface area contributed by atoms with Crippen LogP contribution in [0.4, 0.5) is 0 Å². The number of allylic oxidation sites excluding steroid dienone is 1. The minimum Gasteiger partial charge on any atom is -0.469 e. The lowest BCUT2D eigenvalue weighted by Crippen LogP contribution is -2.57. The third-order valence-electron chi connectivity index (χ3n) is 6.37. The van der Waals surface area contributed by atoms with Crippen molar-refractivity contribution in [2.24, 2.45) is 10.9 Å². The maximum Gasteiger partial charge on any atom is 0.308 e. The van der Waals surface area contributed by atoms with Gasteiger partial charge in [0, 0.05) is 29.4 Å². The summed E-state index contributed by atoms with van der Waals surface area (Å²) >= 11 is 0. The summed E-state index contributed by atoms with van der Waals surface area (Å²) in [5.41, 5.74) is 3.26. The molecule has 2 aliphatic rings. The Balaban J connectivity index is 1.25. The van der Waals surface area contributed by atoms with Crippen molar-refractivity contribution in [3.05, 3.63) is 59.8 Å². The zero-order valence-electron chi connectivity index (χ0n) is 19.7. The number of esters is 1. The van der Waals surface area contributed by atoms with Crippen LogP contribution in [0, 0.1) is 17.8 Å². The molecule has 3 N–H and O–H groups in total. The first-order valence-corrected chi connectivity index (χ1v) is 11.7. The molecule has 5 rings (SSSR count). The van der Waals surface area contributed by atoms with Gasteiger partial charge in [0.05, 0.1) is 30.4 Å². The summed E-state index contributed by atoms with van der Waals surface area (Å²) in [6.45, 7) is 1.98. The molecule has 9 nitrogen and oxygen atoms in total. The van der Waals surface area contributed by atoms with Crippen molar-refractivity contribution in [3.8, 4) is 11.8 Å². The summed E-state index contributed by atoms with van der Waals surface area (Å²) in [7, 11) is 1.45. The molecule has 1 saturated carbocycles. The van der Waals surface area contributed by atoms with Crippen molar-refractivity contribution in [3.63, 3.8) is 0 Å². The molecule has 0 bridgehead atoms. The Morgan fingerprint density at radius 1 is 1.20 bits per heavy atom. The van der Waals surface area contributed by atoms with Gasteiger partial charge in [0.15, 0.2) is 11.6 Å². The van der Waals surface area contributed by atoms with Crippen LogP contribution >= 0.6 is 0 Å². The van der Waals surface area contributed by atoms with Crippen molar-refractivity contribution in [2.75, 3.05) is 7.11 Å². The van der Waals surface area contributed by atoms with Crippen LogP contribution in [0.1, 0.15) is 49.7 Å². The van der Waals surface area contributed by atoms with Gasteiger partial charge in [-0.2, -0.15) is 5.10 Å². The number of hydrogen-bond acceptors (Lipinski definition) is 8. The molecule has 1 atom stereocenters. The normalized spacial score (nSPS) is 23.7. The SMILES string of the molecule is COC(=O)C1CCC(NC2(C)N=CC=C(c3nccc(C#Cc4ccc5[nH]ncc5c4)n3)N2)CC1. The standard InChI is InChI=1S/C26H27N7O2/c1-26(31-21-8-5-18(6-9-21)25(34)35-2)28-14-12-23(32-26)24-27-13-11-20(30-24)7-3-17-4-10-22-19(15-17)16-29-33-22/h4,10-16,18,21,31-32H,5-6,8-9H2,1-2H3,(H,29,33). The van der Waals surface area contributed by atoms with Gasteiger partial charge in [-0.1, -0.05) is 5.92 Å². The number of rotatable bonds is 4. The van der Waals surface area contributed by atoms with Gasteiger partial charge >= 0.3 is 5.97 Å². The molecule has 35 heavy (non-hydrogen) atoms.